The van der Waals surface area contributed by atoms with Crippen molar-refractivity contribution in [3.05, 3.63) is 105 Å². The highest BCUT2D eigenvalue weighted by atomic mass is 35.5. The molecule has 0 fully saturated rings. The maximum atomic E-state index is 11.9. The lowest BCUT2D eigenvalue weighted by Crippen LogP contribution is -2.06. The van der Waals surface area contributed by atoms with Gasteiger partial charge in [-0.05, 0) is 43.7 Å². The second kappa shape index (κ2) is 13.8. The number of aromatic nitrogens is 2. The van der Waals surface area contributed by atoms with Gasteiger partial charge in [0, 0.05) is 25.0 Å². The molecule has 0 spiro atoms. The number of hydrogen-bond acceptors (Lipinski definition) is 3. The van der Waals surface area contributed by atoms with Crippen LogP contribution in [0.4, 0.5) is 0 Å². The molecule has 0 amide bonds. The summed E-state index contributed by atoms with van der Waals surface area (Å²) in [6.45, 7) is 8.09. The van der Waals surface area contributed by atoms with E-state index < -0.39 is 0 Å². The quantitative estimate of drug-likeness (QED) is 0.271. The Balaban J connectivity index is 0.00000103. The predicted molar refractivity (Wildman–Crippen MR) is 147 cm³/mol. The summed E-state index contributed by atoms with van der Waals surface area (Å²) in [5, 5.41) is 12.8. The van der Waals surface area contributed by atoms with Crippen LogP contribution in [-0.4, -0.2) is 28.3 Å². The molecule has 0 saturated heterocycles. The largest absolute Gasteiger partial charge is 0.400 e. The molecule has 1 unspecified atom stereocenters. The number of aliphatic hydroxyl groups excluding tert-OH is 1. The van der Waals surface area contributed by atoms with Crippen molar-refractivity contribution in [2.45, 2.75) is 40.0 Å². The third-order valence-corrected chi connectivity index (χ3v) is 6.06. The van der Waals surface area contributed by atoms with Gasteiger partial charge in [0.15, 0.2) is 0 Å². The normalized spacial score (nSPS) is 11.0. The third-order valence-electron chi connectivity index (χ3n) is 5.32. The minimum absolute atomic E-state index is 0.261. The number of aryl methyl sites for hydroxylation is 2. The lowest BCUT2D eigenvalue weighted by molar-refractivity contribution is -0.109. The number of nitrogens with zero attached hydrogens (tertiary/aromatic N) is 2. The van der Waals surface area contributed by atoms with Crippen LogP contribution in [0.2, 0.25) is 10.0 Å². The van der Waals surface area contributed by atoms with Crippen molar-refractivity contribution in [2.75, 3.05) is 7.11 Å². The average molecular weight is 511 g/mol. The van der Waals surface area contributed by atoms with Crippen molar-refractivity contribution in [1.82, 2.24) is 9.78 Å². The van der Waals surface area contributed by atoms with E-state index in [2.05, 4.69) is 37.3 Å². The molecule has 0 bridgehead atoms. The third kappa shape index (κ3) is 7.28. The maximum Gasteiger partial charge on any atom is 0.127 e. The Bertz CT molecular complexity index is 1230. The monoisotopic (exact) mass is 510 g/mol. The summed E-state index contributed by atoms with van der Waals surface area (Å²) in [4.78, 5) is 11.9. The van der Waals surface area contributed by atoms with Crippen molar-refractivity contribution in [3.63, 3.8) is 0 Å². The molecule has 0 aliphatic rings. The Kier molecular flexibility index (Phi) is 11.2. The highest BCUT2D eigenvalue weighted by Crippen LogP contribution is 2.30. The lowest BCUT2D eigenvalue weighted by Gasteiger charge is -2.10. The molecule has 4 nitrogen and oxygen atoms in total. The second-order valence-corrected chi connectivity index (χ2v) is 8.57. The van der Waals surface area contributed by atoms with E-state index >= 15 is 0 Å². The van der Waals surface area contributed by atoms with E-state index in [0.717, 1.165) is 47.2 Å². The van der Waals surface area contributed by atoms with E-state index in [1.54, 1.807) is 12.1 Å². The number of halogens is 2. The zero-order chi connectivity index (χ0) is 26.0. The number of aldehydes is 1. The van der Waals surface area contributed by atoms with Gasteiger partial charge in [-0.15, -0.1) is 0 Å². The first-order valence-electron chi connectivity index (χ1n) is 11.5. The standard InChI is InChI=1S/C26H22Cl2N2O.C2H6.CH4O/c1-17-6-8-19(9-7-17)26-14-22(13-21(16-31)20-5-3-4-18(2)12-20)29-30(26)23-10-11-24(27)25(28)15-23;2*1-2/h3-12,14-16,21H,13H2,1-2H3;1-2H3;2H,1H3. The van der Waals surface area contributed by atoms with Crippen LogP contribution in [0.3, 0.4) is 0 Å². The summed E-state index contributed by atoms with van der Waals surface area (Å²) in [6.07, 6.45) is 1.51. The van der Waals surface area contributed by atoms with Gasteiger partial charge >= 0.3 is 0 Å². The average Bonchev–Trinajstić information content (AvgIpc) is 3.31. The van der Waals surface area contributed by atoms with E-state index in [0.29, 0.717) is 16.5 Å². The molecule has 4 rings (SSSR count). The van der Waals surface area contributed by atoms with E-state index in [-0.39, 0.29) is 5.92 Å². The van der Waals surface area contributed by atoms with E-state index in [1.807, 2.05) is 55.8 Å². The Morgan fingerprint density at radius 1 is 0.886 bits per heavy atom. The fraction of sp³-hybridized carbons (Fsp3) is 0.241. The lowest BCUT2D eigenvalue weighted by atomic mass is 9.94. The van der Waals surface area contributed by atoms with Crippen molar-refractivity contribution in [1.29, 1.82) is 0 Å². The molecule has 1 atom stereocenters. The molecule has 1 heterocycles. The van der Waals surface area contributed by atoms with Crippen molar-refractivity contribution >= 4 is 29.5 Å². The second-order valence-electron chi connectivity index (χ2n) is 7.76. The number of carbonyl (C=O) groups excluding carboxylic acids is 1. The predicted octanol–water partition coefficient (Wildman–Crippen LogP) is 7.62. The van der Waals surface area contributed by atoms with Gasteiger partial charge in [-0.1, -0.05) is 96.7 Å². The topological polar surface area (TPSA) is 55.1 Å². The van der Waals surface area contributed by atoms with Crippen molar-refractivity contribution < 1.29 is 9.90 Å². The Hall–Kier alpha value is -2.92. The molecular weight excluding hydrogens is 479 g/mol. The van der Waals surface area contributed by atoms with Gasteiger partial charge in [0.05, 0.1) is 27.1 Å². The molecule has 3 aromatic carbocycles. The summed E-state index contributed by atoms with van der Waals surface area (Å²) >= 11 is 12.4. The van der Waals surface area contributed by atoms with Crippen LogP contribution >= 0.6 is 23.2 Å². The summed E-state index contributed by atoms with van der Waals surface area (Å²) in [5.74, 6) is -0.261. The van der Waals surface area contributed by atoms with Crippen LogP contribution < -0.4 is 0 Å². The molecule has 0 aliphatic carbocycles. The number of benzene rings is 3. The molecule has 6 heteroatoms. The summed E-state index contributed by atoms with van der Waals surface area (Å²) in [7, 11) is 1.00. The Morgan fingerprint density at radius 3 is 2.17 bits per heavy atom. The van der Waals surface area contributed by atoms with Gasteiger partial charge in [0.1, 0.15) is 6.29 Å². The van der Waals surface area contributed by atoms with Crippen LogP contribution in [0.1, 0.15) is 42.1 Å². The molecule has 35 heavy (non-hydrogen) atoms. The summed E-state index contributed by atoms with van der Waals surface area (Å²) in [5.41, 5.74) is 6.93. The van der Waals surface area contributed by atoms with Crippen LogP contribution in [0.25, 0.3) is 16.9 Å². The fourth-order valence-electron chi connectivity index (χ4n) is 3.64. The molecule has 4 aromatic rings. The smallest absolute Gasteiger partial charge is 0.127 e. The molecule has 184 valence electrons. The summed E-state index contributed by atoms with van der Waals surface area (Å²) < 4.78 is 1.86. The minimum atomic E-state index is -0.261. The highest BCUT2D eigenvalue weighted by Gasteiger charge is 2.18. The van der Waals surface area contributed by atoms with Gasteiger partial charge in [-0.3, -0.25) is 0 Å². The molecule has 0 aliphatic heterocycles. The van der Waals surface area contributed by atoms with E-state index in [4.69, 9.17) is 33.4 Å². The molecular formula is C29H32Cl2N2O2. The van der Waals surface area contributed by atoms with Crippen molar-refractivity contribution in [2.24, 2.45) is 0 Å². The van der Waals surface area contributed by atoms with Crippen LogP contribution in [-0.2, 0) is 11.2 Å². The van der Waals surface area contributed by atoms with Gasteiger partial charge in [-0.2, -0.15) is 5.10 Å². The maximum absolute atomic E-state index is 11.9. The molecule has 0 radical (unpaired) electrons. The Labute approximate surface area is 218 Å². The zero-order valence-corrected chi connectivity index (χ0v) is 22.3. The Morgan fingerprint density at radius 2 is 1.57 bits per heavy atom. The van der Waals surface area contributed by atoms with Gasteiger partial charge in [0.25, 0.3) is 0 Å². The van der Waals surface area contributed by atoms with E-state index in [9.17, 15) is 4.79 Å². The first-order chi connectivity index (χ1) is 16.9. The van der Waals surface area contributed by atoms with Gasteiger partial charge < -0.3 is 9.90 Å². The first-order valence-corrected chi connectivity index (χ1v) is 12.3. The number of carbonyl (C=O) groups is 1. The van der Waals surface area contributed by atoms with Crippen LogP contribution in [0.5, 0.6) is 0 Å². The fourth-order valence-corrected chi connectivity index (χ4v) is 3.94. The molecule has 0 saturated carbocycles. The molecule has 1 N–H and O–H groups in total. The number of rotatable bonds is 6. The van der Waals surface area contributed by atoms with E-state index in [1.165, 1.54) is 5.56 Å². The van der Waals surface area contributed by atoms with Crippen molar-refractivity contribution in [3.8, 4) is 16.9 Å². The highest BCUT2D eigenvalue weighted by molar-refractivity contribution is 6.42. The zero-order valence-electron chi connectivity index (χ0n) is 20.8. The first kappa shape index (κ1) is 28.3. The minimum Gasteiger partial charge on any atom is -0.400 e. The van der Waals surface area contributed by atoms with Crippen LogP contribution in [0.15, 0.2) is 72.8 Å². The number of aliphatic hydroxyl groups is 1. The van der Waals surface area contributed by atoms with Crippen LogP contribution in [0, 0.1) is 13.8 Å². The van der Waals surface area contributed by atoms with Gasteiger partial charge in [0.2, 0.25) is 0 Å². The SMILES string of the molecule is CC.CO.Cc1ccc(-c2cc(CC(C=O)c3cccc(C)c3)nn2-c2ccc(Cl)c(Cl)c2)cc1. The summed E-state index contributed by atoms with van der Waals surface area (Å²) in [6, 6.07) is 23.8. The number of hydrogen-bond donors (Lipinski definition) is 1. The molecule has 1 aromatic heterocycles. The van der Waals surface area contributed by atoms with Gasteiger partial charge in [-0.25, -0.2) is 4.68 Å².